The molecule has 176 valence electrons. The highest BCUT2D eigenvalue weighted by atomic mass is 32.1. The predicted octanol–water partition coefficient (Wildman–Crippen LogP) is 5.22. The van der Waals surface area contributed by atoms with Gasteiger partial charge in [0, 0.05) is 18.3 Å². The zero-order chi connectivity index (χ0) is 24.4. The third-order valence-corrected chi connectivity index (χ3v) is 6.37. The van der Waals surface area contributed by atoms with Gasteiger partial charge in [0.25, 0.3) is 0 Å². The molecule has 1 saturated heterocycles. The number of pyridine rings is 1. The number of nitrogens with one attached hydrogen (secondary N) is 1. The molecule has 0 unspecified atom stereocenters. The minimum Gasteiger partial charge on any atom is -0.497 e. The van der Waals surface area contributed by atoms with E-state index in [-0.39, 0.29) is 17.6 Å². The minimum absolute atomic E-state index is 0.205. The van der Waals surface area contributed by atoms with Gasteiger partial charge < -0.3 is 24.5 Å². The molecule has 0 radical (unpaired) electrons. The van der Waals surface area contributed by atoms with Crippen LogP contribution in [0.25, 0.3) is 11.3 Å². The molecule has 1 aliphatic rings. The summed E-state index contributed by atoms with van der Waals surface area (Å²) < 4.78 is 11.6. The number of carbonyl (C=O) groups is 1. The minimum atomic E-state index is -0.982. The van der Waals surface area contributed by atoms with Crippen molar-refractivity contribution >= 4 is 23.3 Å². The van der Waals surface area contributed by atoms with Crippen LogP contribution in [0, 0.1) is 0 Å². The van der Waals surface area contributed by atoms with Gasteiger partial charge in [0.05, 0.1) is 24.4 Å². The van der Waals surface area contributed by atoms with Gasteiger partial charge in [0.1, 0.15) is 23.3 Å². The van der Waals surface area contributed by atoms with Crippen LogP contribution >= 0.6 is 12.2 Å². The van der Waals surface area contributed by atoms with E-state index < -0.39 is 5.97 Å². The van der Waals surface area contributed by atoms with E-state index in [9.17, 15) is 9.90 Å². The number of nitrogens with zero attached hydrogens (tertiary/aromatic N) is 2. The molecule has 2 N–H and O–H groups in total. The van der Waals surface area contributed by atoms with Gasteiger partial charge in [-0.2, -0.15) is 0 Å². The Kier molecular flexibility index (Phi) is 6.20. The Hall–Kier alpha value is -4.17. The molecule has 0 saturated carbocycles. The second-order valence-electron chi connectivity index (χ2n) is 8.19. The van der Waals surface area contributed by atoms with Crippen molar-refractivity contribution in [3.8, 4) is 17.1 Å². The van der Waals surface area contributed by atoms with Crippen LogP contribution in [0.4, 0.5) is 0 Å². The molecule has 0 bridgehead atoms. The summed E-state index contributed by atoms with van der Waals surface area (Å²) in [5.41, 5.74) is 2.82. The van der Waals surface area contributed by atoms with E-state index in [1.165, 1.54) is 0 Å². The number of benzene rings is 2. The number of aromatic carboxylic acids is 1. The van der Waals surface area contributed by atoms with Gasteiger partial charge >= 0.3 is 5.97 Å². The van der Waals surface area contributed by atoms with Crippen molar-refractivity contribution in [1.82, 2.24) is 15.2 Å². The molecule has 2 aromatic carbocycles. The Morgan fingerprint density at radius 2 is 1.94 bits per heavy atom. The van der Waals surface area contributed by atoms with Crippen LogP contribution in [0.15, 0.2) is 89.5 Å². The topological polar surface area (TPSA) is 87.8 Å². The van der Waals surface area contributed by atoms with E-state index in [1.54, 1.807) is 31.5 Å². The van der Waals surface area contributed by atoms with E-state index in [1.807, 2.05) is 60.7 Å². The van der Waals surface area contributed by atoms with Crippen LogP contribution in [-0.2, 0) is 6.54 Å². The lowest BCUT2D eigenvalue weighted by molar-refractivity contribution is 0.0697. The Balaban J connectivity index is 1.51. The van der Waals surface area contributed by atoms with Gasteiger partial charge in [-0.3, -0.25) is 4.98 Å². The highest BCUT2D eigenvalue weighted by Gasteiger charge is 2.41. The van der Waals surface area contributed by atoms with Crippen molar-refractivity contribution in [3.63, 3.8) is 0 Å². The number of thiocarbonyl (C=S) groups is 1. The number of hydrogen-bond donors (Lipinski definition) is 2. The first kappa shape index (κ1) is 22.6. The van der Waals surface area contributed by atoms with Crippen LogP contribution in [-0.4, -0.2) is 33.2 Å². The summed E-state index contributed by atoms with van der Waals surface area (Å²) in [7, 11) is 1.64. The highest BCUT2D eigenvalue weighted by molar-refractivity contribution is 7.80. The van der Waals surface area contributed by atoms with Crippen LogP contribution in [0.3, 0.4) is 0 Å². The lowest BCUT2D eigenvalue weighted by atomic mass is 10.0. The molecule has 0 amide bonds. The van der Waals surface area contributed by atoms with Crippen LogP contribution in [0.1, 0.15) is 39.5 Å². The smallest absolute Gasteiger partial charge is 0.335 e. The van der Waals surface area contributed by atoms with Crippen molar-refractivity contribution in [2.45, 2.75) is 18.6 Å². The molecular weight excluding hydrogens is 462 g/mol. The number of methoxy groups -OCH3 is 1. The quantitative estimate of drug-likeness (QED) is 0.345. The maximum Gasteiger partial charge on any atom is 0.335 e. The summed E-state index contributed by atoms with van der Waals surface area (Å²) >= 11 is 5.74. The summed E-state index contributed by atoms with van der Waals surface area (Å²) in [6.07, 6.45) is 1.76. The molecule has 1 fully saturated rings. The molecule has 35 heavy (non-hydrogen) atoms. The van der Waals surface area contributed by atoms with E-state index in [0.717, 1.165) is 17.0 Å². The maximum absolute atomic E-state index is 11.4. The number of rotatable bonds is 7. The van der Waals surface area contributed by atoms with Crippen molar-refractivity contribution in [1.29, 1.82) is 0 Å². The number of furan rings is 1. The zero-order valence-electron chi connectivity index (χ0n) is 18.9. The first-order valence-corrected chi connectivity index (χ1v) is 11.5. The molecule has 5 rings (SSSR count). The fourth-order valence-electron chi connectivity index (χ4n) is 4.28. The first-order valence-electron chi connectivity index (χ1n) is 11.1. The van der Waals surface area contributed by atoms with Crippen LogP contribution < -0.4 is 10.1 Å². The fraction of sp³-hybridized carbons (Fsp3) is 0.148. The summed E-state index contributed by atoms with van der Waals surface area (Å²) in [5, 5.41) is 13.4. The van der Waals surface area contributed by atoms with E-state index in [0.29, 0.717) is 28.7 Å². The summed E-state index contributed by atoms with van der Waals surface area (Å²) in [5.74, 6) is 1.10. The van der Waals surface area contributed by atoms with Crippen molar-refractivity contribution in [3.05, 3.63) is 108 Å². The number of aromatic nitrogens is 1. The molecule has 0 spiro atoms. The molecule has 0 aliphatic carbocycles. The second-order valence-corrected chi connectivity index (χ2v) is 8.58. The molecule has 7 nitrogen and oxygen atoms in total. The summed E-state index contributed by atoms with van der Waals surface area (Å²) in [4.78, 5) is 18.1. The highest BCUT2D eigenvalue weighted by Crippen LogP contribution is 2.41. The molecule has 8 heteroatoms. The Morgan fingerprint density at radius 1 is 1.11 bits per heavy atom. The number of hydrogen-bond acceptors (Lipinski definition) is 5. The Labute approximate surface area is 208 Å². The van der Waals surface area contributed by atoms with E-state index >= 15 is 0 Å². The van der Waals surface area contributed by atoms with Gasteiger partial charge in [-0.1, -0.05) is 30.3 Å². The van der Waals surface area contributed by atoms with Gasteiger partial charge in [-0.15, -0.1) is 0 Å². The normalized spacial score (nSPS) is 17.3. The lowest BCUT2D eigenvalue weighted by Gasteiger charge is -2.26. The monoisotopic (exact) mass is 485 g/mol. The third-order valence-electron chi connectivity index (χ3n) is 6.02. The Morgan fingerprint density at radius 3 is 2.66 bits per heavy atom. The van der Waals surface area contributed by atoms with Gasteiger partial charge in [0.2, 0.25) is 0 Å². The molecule has 4 aromatic rings. The van der Waals surface area contributed by atoms with Crippen molar-refractivity contribution in [2.24, 2.45) is 0 Å². The van der Waals surface area contributed by atoms with E-state index in [2.05, 4.69) is 15.2 Å². The van der Waals surface area contributed by atoms with Crippen LogP contribution in [0.2, 0.25) is 0 Å². The second kappa shape index (κ2) is 9.60. The summed E-state index contributed by atoms with van der Waals surface area (Å²) in [6.45, 7) is 0.564. The summed E-state index contributed by atoms with van der Waals surface area (Å²) in [6, 6.07) is 23.7. The SMILES string of the molecule is COc1ccc(CN2C(=S)N[C@H](c3ccccn3)[C@H]2c2ccc(-c3cccc(C(=O)O)c3)o2)cc1. The lowest BCUT2D eigenvalue weighted by Crippen LogP contribution is -2.29. The van der Waals surface area contributed by atoms with Crippen molar-refractivity contribution in [2.75, 3.05) is 7.11 Å². The van der Waals surface area contributed by atoms with Crippen LogP contribution in [0.5, 0.6) is 5.75 Å². The predicted molar refractivity (Wildman–Crippen MR) is 135 cm³/mol. The maximum atomic E-state index is 11.4. The standard InChI is InChI=1S/C27H23N3O4S/c1-33-20-10-8-17(9-11-20)16-30-25(24(29-27(30)35)21-7-2-3-14-28-21)23-13-12-22(34-23)18-5-4-6-19(15-18)26(31)32/h2-15,24-25H,16H2,1H3,(H,29,35)(H,31,32)/t24-,25-/m1/s1. The molecule has 2 aromatic heterocycles. The molecule has 3 heterocycles. The molecular formula is C27H23N3O4S. The van der Waals surface area contributed by atoms with Gasteiger partial charge in [-0.25, -0.2) is 4.79 Å². The molecule has 1 aliphatic heterocycles. The van der Waals surface area contributed by atoms with E-state index in [4.69, 9.17) is 21.4 Å². The Bertz CT molecular complexity index is 1350. The zero-order valence-corrected chi connectivity index (χ0v) is 19.7. The average molecular weight is 486 g/mol. The number of ether oxygens (including phenoxy) is 1. The molecule has 2 atom stereocenters. The first-order chi connectivity index (χ1) is 17.0. The van der Waals surface area contributed by atoms with Gasteiger partial charge in [-0.05, 0) is 66.3 Å². The van der Waals surface area contributed by atoms with Gasteiger partial charge in [0.15, 0.2) is 5.11 Å². The number of carboxylic acids is 1. The average Bonchev–Trinajstić information content (AvgIpc) is 3.50. The third kappa shape index (κ3) is 4.61. The fourth-order valence-corrected chi connectivity index (χ4v) is 4.59. The largest absolute Gasteiger partial charge is 0.497 e. The number of carboxylic acid groups (broad SMARTS) is 1. The van der Waals surface area contributed by atoms with Crippen molar-refractivity contribution < 1.29 is 19.1 Å².